The second kappa shape index (κ2) is 8.84. The Morgan fingerprint density at radius 2 is 1.62 bits per heavy atom. The van der Waals surface area contributed by atoms with E-state index in [2.05, 4.69) is 5.32 Å². The molecule has 2 unspecified atom stereocenters. The van der Waals surface area contributed by atoms with Gasteiger partial charge in [-0.05, 0) is 55.8 Å². The molecule has 1 amide bonds. The van der Waals surface area contributed by atoms with Crippen molar-refractivity contribution in [2.45, 2.75) is 26.0 Å². The standard InChI is InChI=1S/C19H20FNO5/c1-12(14-3-7-16(8-4-14)25-11-18(22)23)21-19(24)13(2)26-17-9-5-15(20)6-10-17/h3-10,12-13H,11H2,1-2H3,(H,21,24)(H,22,23). The van der Waals surface area contributed by atoms with Crippen molar-refractivity contribution < 1.29 is 28.6 Å². The highest BCUT2D eigenvalue weighted by atomic mass is 19.1. The van der Waals surface area contributed by atoms with Crippen molar-refractivity contribution in [2.24, 2.45) is 0 Å². The molecular formula is C19H20FNO5. The zero-order chi connectivity index (χ0) is 19.1. The Labute approximate surface area is 150 Å². The number of ether oxygens (including phenoxy) is 2. The summed E-state index contributed by atoms with van der Waals surface area (Å²) in [5.41, 5.74) is 0.829. The van der Waals surface area contributed by atoms with E-state index in [-0.39, 0.29) is 17.8 Å². The van der Waals surface area contributed by atoms with Crippen molar-refractivity contribution in [3.05, 3.63) is 59.9 Å². The van der Waals surface area contributed by atoms with Crippen LogP contribution in [0.15, 0.2) is 48.5 Å². The van der Waals surface area contributed by atoms with E-state index in [1.807, 2.05) is 6.92 Å². The zero-order valence-corrected chi connectivity index (χ0v) is 14.4. The van der Waals surface area contributed by atoms with Gasteiger partial charge in [-0.3, -0.25) is 4.79 Å². The monoisotopic (exact) mass is 361 g/mol. The van der Waals surface area contributed by atoms with Crippen LogP contribution in [0.1, 0.15) is 25.5 Å². The molecule has 26 heavy (non-hydrogen) atoms. The summed E-state index contributed by atoms with van der Waals surface area (Å²) >= 11 is 0. The summed E-state index contributed by atoms with van der Waals surface area (Å²) in [5, 5.41) is 11.4. The Morgan fingerprint density at radius 1 is 1.04 bits per heavy atom. The molecule has 6 nitrogen and oxygen atoms in total. The fraction of sp³-hybridized carbons (Fsp3) is 0.263. The highest BCUT2D eigenvalue weighted by Crippen LogP contribution is 2.18. The average Bonchev–Trinajstić information content (AvgIpc) is 2.62. The fourth-order valence-corrected chi connectivity index (χ4v) is 2.18. The molecule has 0 radical (unpaired) electrons. The van der Waals surface area contributed by atoms with Crippen molar-refractivity contribution in [2.75, 3.05) is 6.61 Å². The number of aliphatic carboxylic acids is 1. The molecule has 2 aromatic rings. The maximum Gasteiger partial charge on any atom is 0.341 e. The largest absolute Gasteiger partial charge is 0.482 e. The Bertz CT molecular complexity index is 746. The Balaban J connectivity index is 1.89. The molecule has 0 aromatic heterocycles. The number of carboxylic acid groups (broad SMARTS) is 1. The van der Waals surface area contributed by atoms with Gasteiger partial charge in [0.05, 0.1) is 6.04 Å². The van der Waals surface area contributed by atoms with Gasteiger partial charge in [-0.25, -0.2) is 9.18 Å². The molecule has 0 saturated carbocycles. The molecular weight excluding hydrogens is 341 g/mol. The van der Waals surface area contributed by atoms with Crippen LogP contribution in [-0.4, -0.2) is 29.7 Å². The van der Waals surface area contributed by atoms with Crippen LogP contribution in [-0.2, 0) is 9.59 Å². The number of benzene rings is 2. The van der Waals surface area contributed by atoms with E-state index in [1.54, 1.807) is 31.2 Å². The molecule has 0 aliphatic rings. The normalized spacial score (nSPS) is 12.7. The third-order valence-electron chi connectivity index (χ3n) is 3.60. The van der Waals surface area contributed by atoms with Gasteiger partial charge in [-0.1, -0.05) is 12.1 Å². The van der Waals surface area contributed by atoms with Gasteiger partial charge in [0.1, 0.15) is 17.3 Å². The first-order valence-electron chi connectivity index (χ1n) is 8.02. The number of hydrogen-bond donors (Lipinski definition) is 2. The highest BCUT2D eigenvalue weighted by molar-refractivity contribution is 5.81. The van der Waals surface area contributed by atoms with Crippen LogP contribution < -0.4 is 14.8 Å². The minimum absolute atomic E-state index is 0.282. The number of hydrogen-bond acceptors (Lipinski definition) is 4. The van der Waals surface area contributed by atoms with Gasteiger partial charge in [-0.15, -0.1) is 0 Å². The minimum Gasteiger partial charge on any atom is -0.482 e. The predicted octanol–water partition coefficient (Wildman–Crippen LogP) is 2.93. The van der Waals surface area contributed by atoms with Crippen molar-refractivity contribution >= 4 is 11.9 Å². The molecule has 0 aliphatic heterocycles. The summed E-state index contributed by atoms with van der Waals surface area (Å²) in [6.07, 6.45) is -0.749. The third-order valence-corrected chi connectivity index (χ3v) is 3.60. The van der Waals surface area contributed by atoms with Crippen LogP contribution in [0, 0.1) is 5.82 Å². The van der Waals surface area contributed by atoms with Gasteiger partial charge in [0, 0.05) is 0 Å². The number of carbonyl (C=O) groups excluding carboxylic acids is 1. The van der Waals surface area contributed by atoms with E-state index in [0.717, 1.165) is 5.56 Å². The molecule has 0 saturated heterocycles. The van der Waals surface area contributed by atoms with E-state index in [4.69, 9.17) is 14.6 Å². The topological polar surface area (TPSA) is 84.9 Å². The summed E-state index contributed by atoms with van der Waals surface area (Å²) < 4.78 is 23.4. The first-order chi connectivity index (χ1) is 12.3. The van der Waals surface area contributed by atoms with Crippen molar-refractivity contribution in [3.8, 4) is 11.5 Å². The smallest absolute Gasteiger partial charge is 0.341 e. The van der Waals surface area contributed by atoms with Crippen LogP contribution in [0.2, 0.25) is 0 Å². The Kier molecular flexibility index (Phi) is 6.54. The maximum atomic E-state index is 12.9. The summed E-state index contributed by atoms with van der Waals surface area (Å²) in [4.78, 5) is 22.7. The number of nitrogens with one attached hydrogen (secondary N) is 1. The lowest BCUT2D eigenvalue weighted by Crippen LogP contribution is -2.37. The van der Waals surface area contributed by atoms with E-state index < -0.39 is 18.7 Å². The number of rotatable bonds is 8. The molecule has 7 heteroatoms. The SMILES string of the molecule is CC(Oc1ccc(F)cc1)C(=O)NC(C)c1ccc(OCC(=O)O)cc1. The fourth-order valence-electron chi connectivity index (χ4n) is 2.18. The molecule has 2 atom stereocenters. The number of amides is 1. The third kappa shape index (κ3) is 5.77. The molecule has 0 heterocycles. The van der Waals surface area contributed by atoms with Gasteiger partial charge in [0.15, 0.2) is 12.7 Å². The van der Waals surface area contributed by atoms with Crippen LogP contribution in [0.4, 0.5) is 4.39 Å². The lowest BCUT2D eigenvalue weighted by Gasteiger charge is -2.19. The van der Waals surface area contributed by atoms with Crippen LogP contribution in [0.3, 0.4) is 0 Å². The maximum absolute atomic E-state index is 12.9. The van der Waals surface area contributed by atoms with Crippen LogP contribution in [0.5, 0.6) is 11.5 Å². The molecule has 0 bridgehead atoms. The van der Waals surface area contributed by atoms with Crippen molar-refractivity contribution in [3.63, 3.8) is 0 Å². The van der Waals surface area contributed by atoms with Gasteiger partial charge in [-0.2, -0.15) is 0 Å². The summed E-state index contributed by atoms with van der Waals surface area (Å²) in [6.45, 7) is 3.01. The summed E-state index contributed by atoms with van der Waals surface area (Å²) in [7, 11) is 0. The highest BCUT2D eigenvalue weighted by Gasteiger charge is 2.18. The second-order valence-electron chi connectivity index (χ2n) is 5.70. The Morgan fingerprint density at radius 3 is 2.19 bits per heavy atom. The van der Waals surface area contributed by atoms with E-state index in [0.29, 0.717) is 11.5 Å². The zero-order valence-electron chi connectivity index (χ0n) is 14.4. The van der Waals surface area contributed by atoms with Crippen molar-refractivity contribution in [1.29, 1.82) is 0 Å². The van der Waals surface area contributed by atoms with Gasteiger partial charge < -0.3 is 19.9 Å². The van der Waals surface area contributed by atoms with Crippen LogP contribution in [0.25, 0.3) is 0 Å². The first kappa shape index (κ1) is 19.2. The number of halogens is 1. The Hall–Kier alpha value is -3.09. The predicted molar refractivity (Wildman–Crippen MR) is 92.6 cm³/mol. The van der Waals surface area contributed by atoms with Crippen molar-refractivity contribution in [1.82, 2.24) is 5.32 Å². The summed E-state index contributed by atoms with van der Waals surface area (Å²) in [5.74, 6) is -0.902. The molecule has 0 aliphatic carbocycles. The molecule has 2 rings (SSSR count). The van der Waals surface area contributed by atoms with E-state index in [1.165, 1.54) is 24.3 Å². The average molecular weight is 361 g/mol. The first-order valence-corrected chi connectivity index (χ1v) is 8.02. The second-order valence-corrected chi connectivity index (χ2v) is 5.70. The van der Waals surface area contributed by atoms with Gasteiger partial charge in [0.2, 0.25) is 0 Å². The van der Waals surface area contributed by atoms with E-state index >= 15 is 0 Å². The van der Waals surface area contributed by atoms with Gasteiger partial charge in [0.25, 0.3) is 5.91 Å². The number of carboxylic acids is 1. The van der Waals surface area contributed by atoms with Crippen LogP contribution >= 0.6 is 0 Å². The molecule has 2 N–H and O–H groups in total. The van der Waals surface area contributed by atoms with E-state index in [9.17, 15) is 14.0 Å². The number of carbonyl (C=O) groups is 2. The summed E-state index contributed by atoms with van der Waals surface area (Å²) in [6, 6.07) is 11.9. The van der Waals surface area contributed by atoms with Gasteiger partial charge >= 0.3 is 5.97 Å². The lowest BCUT2D eigenvalue weighted by atomic mass is 10.1. The molecule has 138 valence electrons. The molecule has 0 spiro atoms. The minimum atomic E-state index is -1.05. The lowest BCUT2D eigenvalue weighted by molar-refractivity contribution is -0.139. The molecule has 2 aromatic carbocycles. The quantitative estimate of drug-likeness (QED) is 0.755. The molecule has 0 fully saturated rings.